The van der Waals surface area contributed by atoms with Gasteiger partial charge in [-0.2, -0.15) is 0 Å². The summed E-state index contributed by atoms with van der Waals surface area (Å²) in [5, 5.41) is 5.80. The van der Waals surface area contributed by atoms with Gasteiger partial charge < -0.3 is 9.64 Å². The molecule has 0 unspecified atom stereocenters. The first-order valence-electron chi connectivity index (χ1n) is 8.51. The molecule has 0 radical (unpaired) electrons. The number of hydrogen-bond acceptors (Lipinski definition) is 6. The number of halogens is 1. The Hall–Kier alpha value is -2.48. The second-order valence-electron chi connectivity index (χ2n) is 5.97. The molecule has 0 bridgehead atoms. The zero-order valence-electron chi connectivity index (χ0n) is 14.4. The Kier molecular flexibility index (Phi) is 5.33. The largest absolute Gasteiger partial charge is 0.378 e. The second-order valence-corrected chi connectivity index (χ2v) is 7.24. The van der Waals surface area contributed by atoms with E-state index in [1.165, 1.54) is 11.3 Å². The number of aromatic nitrogens is 2. The number of pyridine rings is 1. The summed E-state index contributed by atoms with van der Waals surface area (Å²) in [5.74, 6) is -0.288. The van der Waals surface area contributed by atoms with E-state index in [9.17, 15) is 4.79 Å². The zero-order valence-corrected chi connectivity index (χ0v) is 16.0. The van der Waals surface area contributed by atoms with Gasteiger partial charge in [-0.3, -0.25) is 10.1 Å². The number of nitrogens with one attached hydrogen (secondary N) is 1. The number of benzene rings is 1. The number of nitrogens with zero attached hydrogens (tertiary/aromatic N) is 3. The lowest BCUT2D eigenvalue weighted by atomic mass is 10.2. The maximum atomic E-state index is 12.4. The van der Waals surface area contributed by atoms with E-state index >= 15 is 0 Å². The van der Waals surface area contributed by atoms with Crippen LogP contribution in [0.2, 0.25) is 5.02 Å². The monoisotopic (exact) mass is 400 g/mol. The predicted molar refractivity (Wildman–Crippen MR) is 108 cm³/mol. The highest BCUT2D eigenvalue weighted by molar-refractivity contribution is 7.14. The van der Waals surface area contributed by atoms with Gasteiger partial charge in [0.15, 0.2) is 5.13 Å². The Bertz CT molecular complexity index is 939. The molecule has 3 heterocycles. The molecule has 1 saturated heterocycles. The summed E-state index contributed by atoms with van der Waals surface area (Å²) in [4.78, 5) is 23.4. The Morgan fingerprint density at radius 2 is 2.00 bits per heavy atom. The summed E-state index contributed by atoms with van der Waals surface area (Å²) < 4.78 is 5.35. The van der Waals surface area contributed by atoms with Crippen molar-refractivity contribution >= 4 is 39.7 Å². The average molecular weight is 401 g/mol. The van der Waals surface area contributed by atoms with Gasteiger partial charge in [0.05, 0.1) is 30.8 Å². The minimum atomic E-state index is -0.288. The summed E-state index contributed by atoms with van der Waals surface area (Å²) >= 11 is 7.55. The number of carbonyl (C=O) groups is 1. The van der Waals surface area contributed by atoms with Crippen LogP contribution in [-0.4, -0.2) is 42.2 Å². The van der Waals surface area contributed by atoms with Crippen molar-refractivity contribution in [2.45, 2.75) is 0 Å². The van der Waals surface area contributed by atoms with E-state index in [2.05, 4.69) is 20.2 Å². The summed E-state index contributed by atoms with van der Waals surface area (Å²) in [6.45, 7) is 3.08. The van der Waals surface area contributed by atoms with Crippen LogP contribution in [0, 0.1) is 0 Å². The summed E-state index contributed by atoms with van der Waals surface area (Å²) in [6.07, 6.45) is 1.72. The van der Waals surface area contributed by atoms with Crippen molar-refractivity contribution in [3.8, 4) is 11.3 Å². The molecule has 1 fully saturated rings. The Morgan fingerprint density at radius 1 is 1.19 bits per heavy atom. The molecule has 0 atom stereocenters. The van der Waals surface area contributed by atoms with E-state index in [1.807, 2.05) is 35.7 Å². The van der Waals surface area contributed by atoms with Gasteiger partial charge in [-0.25, -0.2) is 9.97 Å². The molecule has 4 rings (SSSR count). The Morgan fingerprint density at radius 3 is 2.74 bits per heavy atom. The highest BCUT2D eigenvalue weighted by atomic mass is 35.5. The fourth-order valence-electron chi connectivity index (χ4n) is 2.81. The molecule has 8 heteroatoms. The van der Waals surface area contributed by atoms with Gasteiger partial charge in [0.2, 0.25) is 0 Å². The topological polar surface area (TPSA) is 67.4 Å². The summed E-state index contributed by atoms with van der Waals surface area (Å²) in [6, 6.07) is 11.1. The van der Waals surface area contributed by atoms with E-state index in [1.54, 1.807) is 12.3 Å². The molecule has 2 aromatic heterocycles. The van der Waals surface area contributed by atoms with Crippen LogP contribution in [0.1, 0.15) is 10.5 Å². The molecule has 1 aromatic carbocycles. The number of ether oxygens (including phenoxy) is 1. The SMILES string of the molecule is O=C(Nc1nc(-c2ccccc2Cl)cs1)c1ccc(N2CCOCC2)cn1. The van der Waals surface area contributed by atoms with E-state index in [0.717, 1.165) is 30.0 Å². The molecular formula is C19H17ClN4O2S. The first kappa shape index (κ1) is 17.9. The molecular weight excluding hydrogens is 384 g/mol. The first-order valence-corrected chi connectivity index (χ1v) is 9.77. The molecule has 3 aromatic rings. The van der Waals surface area contributed by atoms with Crippen LogP contribution >= 0.6 is 22.9 Å². The zero-order chi connectivity index (χ0) is 18.6. The lowest BCUT2D eigenvalue weighted by Crippen LogP contribution is -2.36. The third-order valence-electron chi connectivity index (χ3n) is 4.23. The number of morpholine rings is 1. The van der Waals surface area contributed by atoms with Gasteiger partial charge in [0.25, 0.3) is 5.91 Å². The van der Waals surface area contributed by atoms with Crippen molar-refractivity contribution in [3.63, 3.8) is 0 Å². The number of amides is 1. The van der Waals surface area contributed by atoms with E-state index in [-0.39, 0.29) is 5.91 Å². The van der Waals surface area contributed by atoms with Gasteiger partial charge >= 0.3 is 0 Å². The van der Waals surface area contributed by atoms with Crippen molar-refractivity contribution in [1.82, 2.24) is 9.97 Å². The third-order valence-corrected chi connectivity index (χ3v) is 5.32. The van der Waals surface area contributed by atoms with E-state index in [0.29, 0.717) is 29.1 Å². The molecule has 0 spiro atoms. The Labute approximate surface area is 165 Å². The summed E-state index contributed by atoms with van der Waals surface area (Å²) in [5.41, 5.74) is 2.91. The van der Waals surface area contributed by atoms with Gasteiger partial charge in [-0.15, -0.1) is 11.3 Å². The maximum Gasteiger partial charge on any atom is 0.276 e. The van der Waals surface area contributed by atoms with Crippen LogP contribution in [0.5, 0.6) is 0 Å². The lowest BCUT2D eigenvalue weighted by Gasteiger charge is -2.28. The molecule has 1 aliphatic rings. The minimum Gasteiger partial charge on any atom is -0.378 e. The smallest absolute Gasteiger partial charge is 0.276 e. The van der Waals surface area contributed by atoms with Crippen LogP contribution in [0.15, 0.2) is 48.0 Å². The number of rotatable bonds is 4. The van der Waals surface area contributed by atoms with Crippen LogP contribution in [0.4, 0.5) is 10.8 Å². The molecule has 1 aliphatic heterocycles. The number of anilines is 2. The fourth-order valence-corrected chi connectivity index (χ4v) is 3.75. The van der Waals surface area contributed by atoms with Crippen LogP contribution < -0.4 is 10.2 Å². The average Bonchev–Trinajstić information content (AvgIpc) is 3.17. The molecule has 138 valence electrons. The highest BCUT2D eigenvalue weighted by Gasteiger charge is 2.15. The van der Waals surface area contributed by atoms with Gasteiger partial charge in [-0.1, -0.05) is 29.8 Å². The molecule has 1 N–H and O–H groups in total. The maximum absolute atomic E-state index is 12.4. The lowest BCUT2D eigenvalue weighted by molar-refractivity contribution is 0.102. The van der Waals surface area contributed by atoms with Crippen molar-refractivity contribution < 1.29 is 9.53 Å². The molecule has 0 aliphatic carbocycles. The van der Waals surface area contributed by atoms with E-state index < -0.39 is 0 Å². The first-order chi connectivity index (χ1) is 13.2. The normalized spacial score (nSPS) is 14.2. The quantitative estimate of drug-likeness (QED) is 0.718. The fraction of sp³-hybridized carbons (Fsp3) is 0.211. The van der Waals surface area contributed by atoms with Crippen LogP contribution in [0.3, 0.4) is 0 Å². The standard InChI is InChI=1S/C19H17ClN4O2S/c20-15-4-2-1-3-14(15)17-12-27-19(22-17)23-18(25)16-6-5-13(11-21-16)24-7-9-26-10-8-24/h1-6,11-12H,7-10H2,(H,22,23,25). The molecule has 6 nitrogen and oxygen atoms in total. The van der Waals surface area contributed by atoms with Crippen LogP contribution in [-0.2, 0) is 4.74 Å². The minimum absolute atomic E-state index is 0.288. The molecule has 1 amide bonds. The summed E-state index contributed by atoms with van der Waals surface area (Å²) in [7, 11) is 0. The van der Waals surface area contributed by atoms with E-state index in [4.69, 9.17) is 16.3 Å². The highest BCUT2D eigenvalue weighted by Crippen LogP contribution is 2.30. The van der Waals surface area contributed by atoms with Crippen molar-refractivity contribution in [1.29, 1.82) is 0 Å². The number of hydrogen-bond donors (Lipinski definition) is 1. The van der Waals surface area contributed by atoms with Crippen LogP contribution in [0.25, 0.3) is 11.3 Å². The van der Waals surface area contributed by atoms with Gasteiger partial charge in [0.1, 0.15) is 5.69 Å². The van der Waals surface area contributed by atoms with Crippen molar-refractivity contribution in [2.75, 3.05) is 36.5 Å². The Balaban J connectivity index is 1.44. The van der Waals surface area contributed by atoms with Crippen molar-refractivity contribution in [2.24, 2.45) is 0 Å². The predicted octanol–water partition coefficient (Wildman–Crippen LogP) is 3.95. The number of carbonyl (C=O) groups excluding carboxylic acids is 1. The molecule has 0 saturated carbocycles. The third kappa shape index (κ3) is 4.10. The number of thiazole rings is 1. The van der Waals surface area contributed by atoms with Gasteiger partial charge in [0, 0.05) is 29.1 Å². The van der Waals surface area contributed by atoms with Crippen molar-refractivity contribution in [3.05, 3.63) is 58.7 Å². The second kappa shape index (κ2) is 8.04. The molecule has 27 heavy (non-hydrogen) atoms. The van der Waals surface area contributed by atoms with Gasteiger partial charge in [-0.05, 0) is 18.2 Å².